The predicted molar refractivity (Wildman–Crippen MR) is 107 cm³/mol. The number of nitriles is 1. The Balaban J connectivity index is 1.83. The van der Waals surface area contributed by atoms with Gasteiger partial charge in [0.15, 0.2) is 0 Å². The Morgan fingerprint density at radius 1 is 1.19 bits per heavy atom. The van der Waals surface area contributed by atoms with Gasteiger partial charge < -0.3 is 10.1 Å². The SMILES string of the molecule is COc1cccc(-c2csc(C(C#N)=CNc3ccc(C)c(C)c3)n2)c1. The van der Waals surface area contributed by atoms with E-state index in [2.05, 4.69) is 42.4 Å². The summed E-state index contributed by atoms with van der Waals surface area (Å²) >= 11 is 1.45. The van der Waals surface area contributed by atoms with Crippen LogP contribution in [0.2, 0.25) is 0 Å². The molecule has 0 aliphatic carbocycles. The maximum absolute atomic E-state index is 9.51. The third kappa shape index (κ3) is 3.93. The first kappa shape index (κ1) is 17.7. The van der Waals surface area contributed by atoms with Crippen LogP contribution in [-0.2, 0) is 0 Å². The molecule has 0 aliphatic heterocycles. The summed E-state index contributed by atoms with van der Waals surface area (Å²) in [4.78, 5) is 4.60. The van der Waals surface area contributed by atoms with Crippen molar-refractivity contribution in [1.29, 1.82) is 5.26 Å². The highest BCUT2D eigenvalue weighted by atomic mass is 32.1. The fourth-order valence-electron chi connectivity index (χ4n) is 2.44. The molecule has 3 rings (SSSR count). The van der Waals surface area contributed by atoms with Crippen LogP contribution in [0.25, 0.3) is 16.8 Å². The zero-order valence-electron chi connectivity index (χ0n) is 14.9. The molecule has 26 heavy (non-hydrogen) atoms. The van der Waals surface area contributed by atoms with Crippen LogP contribution in [0.3, 0.4) is 0 Å². The van der Waals surface area contributed by atoms with Gasteiger partial charge in [0.2, 0.25) is 0 Å². The summed E-state index contributed by atoms with van der Waals surface area (Å²) in [7, 11) is 1.64. The molecule has 0 atom stereocenters. The van der Waals surface area contributed by atoms with Gasteiger partial charge in [0.25, 0.3) is 0 Å². The Hall–Kier alpha value is -3.10. The Kier molecular flexibility index (Phi) is 5.35. The zero-order valence-corrected chi connectivity index (χ0v) is 15.7. The van der Waals surface area contributed by atoms with E-state index < -0.39 is 0 Å². The van der Waals surface area contributed by atoms with Crippen molar-refractivity contribution in [2.24, 2.45) is 0 Å². The number of thiazole rings is 1. The lowest BCUT2D eigenvalue weighted by Crippen LogP contribution is -1.92. The lowest BCUT2D eigenvalue weighted by molar-refractivity contribution is 0.415. The van der Waals surface area contributed by atoms with Crippen molar-refractivity contribution >= 4 is 22.6 Å². The van der Waals surface area contributed by atoms with Gasteiger partial charge >= 0.3 is 0 Å². The summed E-state index contributed by atoms with van der Waals surface area (Å²) < 4.78 is 5.26. The van der Waals surface area contributed by atoms with Gasteiger partial charge in [-0.15, -0.1) is 11.3 Å². The maximum Gasteiger partial charge on any atom is 0.136 e. The molecule has 0 saturated heterocycles. The average molecular weight is 361 g/mol. The van der Waals surface area contributed by atoms with Gasteiger partial charge in [-0.05, 0) is 49.2 Å². The van der Waals surface area contributed by atoms with E-state index in [-0.39, 0.29) is 0 Å². The zero-order chi connectivity index (χ0) is 18.5. The van der Waals surface area contributed by atoms with Gasteiger partial charge in [0.05, 0.1) is 12.8 Å². The average Bonchev–Trinajstić information content (AvgIpc) is 3.15. The van der Waals surface area contributed by atoms with Gasteiger partial charge in [-0.25, -0.2) is 4.98 Å². The Labute approximate surface area is 157 Å². The molecule has 0 unspecified atom stereocenters. The molecule has 0 bridgehead atoms. The minimum absolute atomic E-state index is 0.502. The Morgan fingerprint density at radius 3 is 2.77 bits per heavy atom. The molecule has 0 saturated carbocycles. The van der Waals surface area contributed by atoms with Crippen LogP contribution in [0.4, 0.5) is 5.69 Å². The van der Waals surface area contributed by atoms with E-state index in [1.807, 2.05) is 35.7 Å². The van der Waals surface area contributed by atoms with E-state index in [4.69, 9.17) is 4.74 Å². The second kappa shape index (κ2) is 7.85. The fraction of sp³-hybridized carbons (Fsp3) is 0.143. The van der Waals surface area contributed by atoms with E-state index >= 15 is 0 Å². The third-order valence-corrected chi connectivity index (χ3v) is 4.99. The summed E-state index contributed by atoms with van der Waals surface area (Å²) in [6.07, 6.45) is 1.71. The van der Waals surface area contributed by atoms with E-state index in [0.717, 1.165) is 22.7 Å². The molecule has 4 nitrogen and oxygen atoms in total. The maximum atomic E-state index is 9.51. The molecule has 5 heteroatoms. The topological polar surface area (TPSA) is 57.9 Å². The van der Waals surface area contributed by atoms with E-state index in [9.17, 15) is 5.26 Å². The minimum atomic E-state index is 0.502. The van der Waals surface area contributed by atoms with Gasteiger partial charge in [-0.3, -0.25) is 0 Å². The molecule has 2 aromatic carbocycles. The van der Waals surface area contributed by atoms with E-state index in [1.54, 1.807) is 13.3 Å². The highest BCUT2D eigenvalue weighted by Gasteiger charge is 2.09. The highest BCUT2D eigenvalue weighted by Crippen LogP contribution is 2.28. The summed E-state index contributed by atoms with van der Waals surface area (Å²) in [6.45, 7) is 4.14. The normalized spacial score (nSPS) is 11.1. The number of anilines is 1. The molecule has 3 aromatic rings. The minimum Gasteiger partial charge on any atom is -0.497 e. The van der Waals surface area contributed by atoms with Crippen LogP contribution in [0, 0.1) is 25.2 Å². The molecule has 0 aliphatic rings. The summed E-state index contributed by atoms with van der Waals surface area (Å²) in [5.74, 6) is 0.782. The number of hydrogen-bond acceptors (Lipinski definition) is 5. The number of nitrogens with zero attached hydrogens (tertiary/aromatic N) is 2. The number of ether oxygens (including phenoxy) is 1. The van der Waals surface area contributed by atoms with Crippen LogP contribution in [0.1, 0.15) is 16.1 Å². The van der Waals surface area contributed by atoms with Crippen molar-refractivity contribution in [3.8, 4) is 23.1 Å². The molecule has 130 valence electrons. The Bertz CT molecular complexity index is 998. The third-order valence-electron chi connectivity index (χ3n) is 4.11. The number of benzene rings is 2. The lowest BCUT2D eigenvalue weighted by Gasteiger charge is -2.05. The summed E-state index contributed by atoms with van der Waals surface area (Å²) in [5.41, 5.74) is 5.69. The van der Waals surface area contributed by atoms with Gasteiger partial charge in [0.1, 0.15) is 22.4 Å². The smallest absolute Gasteiger partial charge is 0.136 e. The van der Waals surface area contributed by atoms with Crippen LogP contribution in [0.15, 0.2) is 54.0 Å². The van der Waals surface area contributed by atoms with Gasteiger partial charge in [-0.2, -0.15) is 5.26 Å². The van der Waals surface area contributed by atoms with E-state index in [1.165, 1.54) is 22.5 Å². The standard InChI is InChI=1S/C21H19N3OS/c1-14-7-8-18(9-15(14)2)23-12-17(11-22)21-24-20(13-26-21)16-5-4-6-19(10-16)25-3/h4-10,12-13,23H,1-3H3. The molecule has 1 heterocycles. The van der Waals surface area contributed by atoms with Crippen molar-refractivity contribution in [2.45, 2.75) is 13.8 Å². The number of methoxy groups -OCH3 is 1. The molecule has 0 radical (unpaired) electrons. The van der Waals surface area contributed by atoms with Crippen molar-refractivity contribution < 1.29 is 4.74 Å². The summed E-state index contributed by atoms with van der Waals surface area (Å²) in [5, 5.41) is 15.3. The van der Waals surface area contributed by atoms with Crippen LogP contribution in [0.5, 0.6) is 5.75 Å². The predicted octanol–water partition coefficient (Wildman–Crippen LogP) is 5.41. The molecule has 1 N–H and O–H groups in total. The van der Waals surface area contributed by atoms with Gasteiger partial charge in [-0.1, -0.05) is 18.2 Å². The Morgan fingerprint density at radius 2 is 2.04 bits per heavy atom. The van der Waals surface area contributed by atoms with Crippen molar-refractivity contribution in [3.63, 3.8) is 0 Å². The fourth-order valence-corrected chi connectivity index (χ4v) is 3.24. The molecular weight excluding hydrogens is 342 g/mol. The number of aryl methyl sites for hydroxylation is 2. The summed E-state index contributed by atoms with van der Waals surface area (Å²) in [6, 6.07) is 16.1. The molecular formula is C21H19N3OS. The largest absolute Gasteiger partial charge is 0.497 e. The molecule has 0 fully saturated rings. The molecule has 1 aromatic heterocycles. The molecule has 0 amide bonds. The first-order valence-electron chi connectivity index (χ1n) is 8.15. The second-order valence-corrected chi connectivity index (χ2v) is 6.74. The quantitative estimate of drug-likeness (QED) is 0.617. The first-order chi connectivity index (χ1) is 12.6. The number of nitrogens with one attached hydrogen (secondary N) is 1. The monoisotopic (exact) mass is 361 g/mol. The van der Waals surface area contributed by atoms with Crippen LogP contribution < -0.4 is 10.1 Å². The molecule has 0 spiro atoms. The second-order valence-electron chi connectivity index (χ2n) is 5.88. The lowest BCUT2D eigenvalue weighted by atomic mass is 10.1. The van der Waals surface area contributed by atoms with Gasteiger partial charge in [0, 0.05) is 22.8 Å². The van der Waals surface area contributed by atoms with Crippen LogP contribution in [-0.4, -0.2) is 12.1 Å². The van der Waals surface area contributed by atoms with Crippen LogP contribution >= 0.6 is 11.3 Å². The number of aromatic nitrogens is 1. The van der Waals surface area contributed by atoms with Crippen molar-refractivity contribution in [3.05, 3.63) is 70.2 Å². The number of rotatable bonds is 5. The van der Waals surface area contributed by atoms with E-state index in [0.29, 0.717) is 10.6 Å². The van der Waals surface area contributed by atoms with Crippen molar-refractivity contribution in [1.82, 2.24) is 4.98 Å². The van der Waals surface area contributed by atoms with Crippen molar-refractivity contribution in [2.75, 3.05) is 12.4 Å². The number of hydrogen-bond donors (Lipinski definition) is 1. The highest BCUT2D eigenvalue weighted by molar-refractivity contribution is 7.11. The first-order valence-corrected chi connectivity index (χ1v) is 9.03. The number of allylic oxidation sites excluding steroid dienone is 1.